The van der Waals surface area contributed by atoms with Crippen molar-refractivity contribution in [3.8, 4) is 12.3 Å². The Morgan fingerprint density at radius 1 is 1.00 bits per heavy atom. The number of hydrogen-bond acceptors (Lipinski definition) is 5. The zero-order valence-corrected chi connectivity index (χ0v) is 18.9. The van der Waals surface area contributed by atoms with Crippen LogP contribution in [0.5, 0.6) is 0 Å². The number of carbonyl (C=O) groups excluding carboxylic acids is 1. The van der Waals surface area contributed by atoms with Crippen molar-refractivity contribution in [1.82, 2.24) is 19.8 Å². The molecule has 0 bridgehead atoms. The molecule has 0 radical (unpaired) electrons. The van der Waals surface area contributed by atoms with Crippen LogP contribution in [-0.2, 0) is 0 Å². The number of aromatic nitrogens is 2. The van der Waals surface area contributed by atoms with Crippen molar-refractivity contribution in [2.75, 3.05) is 43.4 Å². The molecule has 1 heterocycles. The molecular weight excluding hydrogens is 400 g/mol. The van der Waals surface area contributed by atoms with Crippen LogP contribution in [0.25, 0.3) is 10.9 Å². The quantitative estimate of drug-likeness (QED) is 0.487. The third-order valence-corrected chi connectivity index (χ3v) is 5.43. The van der Waals surface area contributed by atoms with Crippen LogP contribution in [0.3, 0.4) is 0 Å². The van der Waals surface area contributed by atoms with Crippen LogP contribution in [0.1, 0.15) is 26.3 Å². The van der Waals surface area contributed by atoms with Crippen LogP contribution >= 0.6 is 0 Å². The molecule has 0 atom stereocenters. The van der Waals surface area contributed by atoms with Crippen LogP contribution in [0.2, 0.25) is 0 Å². The Kier molecular flexibility index (Phi) is 8.01. The number of hydrogen-bond donors (Lipinski definition) is 2. The molecule has 166 valence electrons. The van der Waals surface area contributed by atoms with Crippen molar-refractivity contribution in [3.63, 3.8) is 0 Å². The summed E-state index contributed by atoms with van der Waals surface area (Å²) in [4.78, 5) is 25.7. The molecular formula is C25H30N6O. The molecule has 32 heavy (non-hydrogen) atoms. The van der Waals surface area contributed by atoms with Gasteiger partial charge in [0.15, 0.2) is 0 Å². The van der Waals surface area contributed by atoms with Gasteiger partial charge in [-0.1, -0.05) is 25.8 Å². The second kappa shape index (κ2) is 11.1. The smallest absolute Gasteiger partial charge is 0.321 e. The normalized spacial score (nSPS) is 10.7. The maximum atomic E-state index is 12.8. The highest BCUT2D eigenvalue weighted by Gasteiger charge is 2.14. The lowest BCUT2D eigenvalue weighted by Crippen LogP contribution is -2.40. The molecule has 0 aliphatic rings. The van der Waals surface area contributed by atoms with E-state index in [9.17, 15) is 4.79 Å². The average molecular weight is 431 g/mol. The van der Waals surface area contributed by atoms with Crippen LogP contribution in [0, 0.1) is 12.3 Å². The first kappa shape index (κ1) is 23.0. The third-order valence-electron chi connectivity index (χ3n) is 5.43. The summed E-state index contributed by atoms with van der Waals surface area (Å²) >= 11 is 0. The van der Waals surface area contributed by atoms with Crippen molar-refractivity contribution < 1.29 is 4.79 Å². The Balaban J connectivity index is 1.78. The van der Waals surface area contributed by atoms with Crippen LogP contribution in [0.4, 0.5) is 22.0 Å². The molecule has 7 heteroatoms. The summed E-state index contributed by atoms with van der Waals surface area (Å²) in [6, 6.07) is 13.1. The molecule has 0 saturated carbocycles. The van der Waals surface area contributed by atoms with Gasteiger partial charge in [-0.25, -0.2) is 14.8 Å². The number of terminal acetylenes is 1. The maximum absolute atomic E-state index is 12.8. The Labute approximate surface area is 189 Å². The number of urea groups is 1. The minimum absolute atomic E-state index is 0.118. The van der Waals surface area contributed by atoms with Crippen LogP contribution < -0.4 is 10.6 Å². The molecule has 0 unspecified atom stereocenters. The Bertz CT molecular complexity index is 1100. The van der Waals surface area contributed by atoms with Gasteiger partial charge in [-0.3, -0.25) is 0 Å². The fraction of sp³-hybridized carbons (Fsp3) is 0.320. The van der Waals surface area contributed by atoms with Gasteiger partial charge in [-0.15, -0.1) is 6.42 Å². The monoisotopic (exact) mass is 430 g/mol. The number of carbonyl (C=O) groups is 1. The summed E-state index contributed by atoms with van der Waals surface area (Å²) < 4.78 is 0. The number of benzene rings is 2. The summed E-state index contributed by atoms with van der Waals surface area (Å²) in [5.74, 6) is 3.28. The van der Waals surface area contributed by atoms with E-state index in [4.69, 9.17) is 6.42 Å². The molecule has 0 spiro atoms. The molecule has 2 amide bonds. The molecule has 2 N–H and O–H groups in total. The summed E-state index contributed by atoms with van der Waals surface area (Å²) in [5, 5.41) is 7.13. The number of anilines is 3. The van der Waals surface area contributed by atoms with E-state index in [-0.39, 0.29) is 6.03 Å². The second-order valence-corrected chi connectivity index (χ2v) is 7.34. The highest BCUT2D eigenvalue weighted by Crippen LogP contribution is 2.26. The molecule has 2 aromatic carbocycles. The molecule has 0 fully saturated rings. The summed E-state index contributed by atoms with van der Waals surface area (Å²) in [6.07, 6.45) is 7.02. The van der Waals surface area contributed by atoms with Crippen molar-refractivity contribution in [2.45, 2.75) is 20.8 Å². The van der Waals surface area contributed by atoms with Gasteiger partial charge in [0.1, 0.15) is 12.1 Å². The van der Waals surface area contributed by atoms with Crippen molar-refractivity contribution in [2.24, 2.45) is 0 Å². The number of likely N-dealkylation sites (N-methyl/N-ethyl adjacent to an activating group) is 2. The topological polar surface area (TPSA) is 73.4 Å². The van der Waals surface area contributed by atoms with E-state index in [0.29, 0.717) is 24.6 Å². The van der Waals surface area contributed by atoms with Crippen molar-refractivity contribution in [1.29, 1.82) is 0 Å². The van der Waals surface area contributed by atoms with E-state index in [2.05, 4.69) is 45.3 Å². The number of rotatable bonds is 9. The largest absolute Gasteiger partial charge is 0.340 e. The van der Waals surface area contributed by atoms with Gasteiger partial charge in [-0.05, 0) is 56.4 Å². The Morgan fingerprint density at radius 3 is 2.53 bits per heavy atom. The molecule has 0 aliphatic heterocycles. The highest BCUT2D eigenvalue weighted by molar-refractivity contribution is 5.96. The fourth-order valence-corrected chi connectivity index (χ4v) is 3.47. The summed E-state index contributed by atoms with van der Waals surface area (Å²) in [7, 11) is 0. The number of fused-ring (bicyclic) bond motifs is 1. The van der Waals surface area contributed by atoms with E-state index in [0.717, 1.165) is 41.8 Å². The van der Waals surface area contributed by atoms with Gasteiger partial charge in [0.05, 0.1) is 5.52 Å². The number of amides is 2. The lowest BCUT2D eigenvalue weighted by molar-refractivity contribution is 0.200. The molecule has 3 rings (SSSR count). The standard InChI is InChI=1S/C25H30N6O/c1-5-19-10-9-11-20(16-19)28-24-22-17-21(12-13-23(22)26-18-27-24)29-25(32)31(8-4)15-14-30(6-2)7-3/h1,9-13,16-18H,6-8,14-15H2,2-4H3,(H,29,32)(H,26,27,28). The first-order valence-corrected chi connectivity index (χ1v) is 10.9. The molecule has 0 saturated heterocycles. The zero-order chi connectivity index (χ0) is 22.9. The molecule has 0 aliphatic carbocycles. The molecule has 1 aromatic heterocycles. The van der Waals surface area contributed by atoms with Crippen LogP contribution in [0.15, 0.2) is 48.8 Å². The zero-order valence-electron chi connectivity index (χ0n) is 18.9. The fourth-order valence-electron chi connectivity index (χ4n) is 3.47. The van der Waals surface area contributed by atoms with E-state index < -0.39 is 0 Å². The maximum Gasteiger partial charge on any atom is 0.321 e. The predicted molar refractivity (Wildman–Crippen MR) is 131 cm³/mol. The summed E-state index contributed by atoms with van der Waals surface area (Å²) in [6.45, 7) is 10.4. The van der Waals surface area contributed by atoms with Gasteiger partial charge in [-0.2, -0.15) is 0 Å². The van der Waals surface area contributed by atoms with Crippen molar-refractivity contribution >= 4 is 34.1 Å². The van der Waals surface area contributed by atoms with Crippen LogP contribution in [-0.4, -0.2) is 58.5 Å². The first-order chi connectivity index (χ1) is 15.6. The lowest BCUT2D eigenvalue weighted by atomic mass is 10.2. The average Bonchev–Trinajstić information content (AvgIpc) is 2.82. The minimum Gasteiger partial charge on any atom is -0.340 e. The van der Waals surface area contributed by atoms with E-state index >= 15 is 0 Å². The lowest BCUT2D eigenvalue weighted by Gasteiger charge is -2.25. The number of nitrogens with zero attached hydrogens (tertiary/aromatic N) is 4. The second-order valence-electron chi connectivity index (χ2n) is 7.34. The Hall–Kier alpha value is -3.63. The Morgan fingerprint density at radius 2 is 1.81 bits per heavy atom. The highest BCUT2D eigenvalue weighted by atomic mass is 16.2. The third kappa shape index (κ3) is 5.74. The SMILES string of the molecule is C#Cc1cccc(Nc2ncnc3ccc(NC(=O)N(CC)CCN(CC)CC)cc23)c1. The molecule has 3 aromatic rings. The van der Waals surface area contributed by atoms with E-state index in [1.165, 1.54) is 6.33 Å². The van der Waals surface area contributed by atoms with Gasteiger partial charge in [0, 0.05) is 42.0 Å². The van der Waals surface area contributed by atoms with Gasteiger partial charge >= 0.3 is 6.03 Å². The van der Waals surface area contributed by atoms with E-state index in [1.54, 1.807) is 0 Å². The van der Waals surface area contributed by atoms with Gasteiger partial charge in [0.25, 0.3) is 0 Å². The van der Waals surface area contributed by atoms with E-state index in [1.807, 2.05) is 54.3 Å². The molecule has 7 nitrogen and oxygen atoms in total. The van der Waals surface area contributed by atoms with Gasteiger partial charge in [0.2, 0.25) is 0 Å². The van der Waals surface area contributed by atoms with Crippen molar-refractivity contribution in [3.05, 3.63) is 54.4 Å². The number of nitrogens with one attached hydrogen (secondary N) is 2. The first-order valence-electron chi connectivity index (χ1n) is 10.9. The van der Waals surface area contributed by atoms with Gasteiger partial charge < -0.3 is 20.4 Å². The summed E-state index contributed by atoms with van der Waals surface area (Å²) in [5.41, 5.74) is 3.09. The minimum atomic E-state index is -0.118. The predicted octanol–water partition coefficient (Wildman–Crippen LogP) is 4.55.